The van der Waals surface area contributed by atoms with Gasteiger partial charge >= 0.3 is 0 Å². The second-order valence-electron chi connectivity index (χ2n) is 6.25. The predicted molar refractivity (Wildman–Crippen MR) is 99.5 cm³/mol. The molecule has 0 radical (unpaired) electrons. The molecule has 27 heavy (non-hydrogen) atoms. The number of rotatable bonds is 2. The quantitative estimate of drug-likeness (QED) is 0.790. The Labute approximate surface area is 161 Å². The van der Waals surface area contributed by atoms with E-state index >= 15 is 0 Å². The fourth-order valence-electron chi connectivity index (χ4n) is 3.27. The Morgan fingerprint density at radius 2 is 1.96 bits per heavy atom. The van der Waals surface area contributed by atoms with Gasteiger partial charge in [-0.1, -0.05) is 11.6 Å². The lowest BCUT2D eigenvalue weighted by molar-refractivity contribution is 0.0745. The molecule has 4 rings (SSSR count). The number of hydrogen-bond donors (Lipinski definition) is 0. The molecule has 0 aliphatic carbocycles. The zero-order valence-electron chi connectivity index (χ0n) is 14.5. The first-order valence-corrected chi connectivity index (χ1v) is 9.03. The molecule has 138 valence electrons. The maximum absolute atomic E-state index is 12.9. The van der Waals surface area contributed by atoms with E-state index in [1.165, 1.54) is 0 Å². The molecule has 1 aromatic heterocycles. The van der Waals surface area contributed by atoms with Gasteiger partial charge in [0.25, 0.3) is 5.91 Å². The van der Waals surface area contributed by atoms with Gasteiger partial charge in [-0.25, -0.2) is 4.98 Å². The van der Waals surface area contributed by atoms with Gasteiger partial charge in [-0.05, 0) is 24.3 Å². The van der Waals surface area contributed by atoms with Crippen LogP contribution in [0.25, 0.3) is 0 Å². The predicted octanol–water partition coefficient (Wildman–Crippen LogP) is 2.34. The van der Waals surface area contributed by atoms with Crippen LogP contribution in [0.3, 0.4) is 0 Å². The van der Waals surface area contributed by atoms with Crippen LogP contribution in [-0.4, -0.2) is 55.2 Å². The van der Waals surface area contributed by atoms with Crippen molar-refractivity contribution in [2.24, 2.45) is 0 Å². The number of pyridine rings is 1. The number of amides is 1. The Hall–Kier alpha value is -2.98. The number of fused-ring (bicyclic) bond motifs is 1. The fourth-order valence-corrected chi connectivity index (χ4v) is 3.54. The van der Waals surface area contributed by atoms with Crippen LogP contribution in [0, 0.1) is 11.3 Å². The smallest absolute Gasteiger partial charge is 0.254 e. The topological polar surface area (TPSA) is 78.7 Å². The number of ether oxygens (including phenoxy) is 2. The number of benzene rings is 1. The highest BCUT2D eigenvalue weighted by molar-refractivity contribution is 6.32. The van der Waals surface area contributed by atoms with Gasteiger partial charge in [0.2, 0.25) is 0 Å². The third-order valence-corrected chi connectivity index (χ3v) is 4.90. The Morgan fingerprint density at radius 1 is 1.19 bits per heavy atom. The van der Waals surface area contributed by atoms with E-state index in [0.717, 1.165) is 0 Å². The summed E-state index contributed by atoms with van der Waals surface area (Å²) in [5.41, 5.74) is 1.02. The first kappa shape index (κ1) is 17.4. The zero-order valence-corrected chi connectivity index (χ0v) is 15.3. The fraction of sp³-hybridized carbons (Fsp3) is 0.316. The summed E-state index contributed by atoms with van der Waals surface area (Å²) in [5.74, 6) is 1.55. The van der Waals surface area contributed by atoms with E-state index in [2.05, 4.69) is 11.1 Å². The highest BCUT2D eigenvalue weighted by atomic mass is 35.5. The van der Waals surface area contributed by atoms with E-state index in [9.17, 15) is 10.1 Å². The number of piperazine rings is 1. The summed E-state index contributed by atoms with van der Waals surface area (Å²) >= 11 is 6.24. The molecular formula is C19H17ClN4O3. The second kappa shape index (κ2) is 7.33. The molecule has 0 bridgehead atoms. The molecule has 1 saturated heterocycles. The van der Waals surface area contributed by atoms with Crippen molar-refractivity contribution in [2.75, 3.05) is 44.3 Å². The Balaban J connectivity index is 1.48. The minimum Gasteiger partial charge on any atom is -0.486 e. The minimum absolute atomic E-state index is 0.102. The molecule has 2 aliphatic rings. The van der Waals surface area contributed by atoms with Crippen molar-refractivity contribution >= 4 is 23.3 Å². The monoisotopic (exact) mass is 384 g/mol. The van der Waals surface area contributed by atoms with Gasteiger partial charge in [0.1, 0.15) is 25.1 Å². The summed E-state index contributed by atoms with van der Waals surface area (Å²) in [6.07, 6.45) is 1.67. The van der Waals surface area contributed by atoms with E-state index in [-0.39, 0.29) is 5.91 Å². The van der Waals surface area contributed by atoms with Gasteiger partial charge in [0.05, 0.1) is 10.6 Å². The van der Waals surface area contributed by atoms with Gasteiger partial charge in [0.15, 0.2) is 11.5 Å². The van der Waals surface area contributed by atoms with Crippen LogP contribution in [0.1, 0.15) is 15.9 Å². The van der Waals surface area contributed by atoms with E-state index in [4.69, 9.17) is 21.1 Å². The summed E-state index contributed by atoms with van der Waals surface area (Å²) in [7, 11) is 0. The molecule has 3 heterocycles. The van der Waals surface area contributed by atoms with Crippen molar-refractivity contribution in [2.45, 2.75) is 0 Å². The molecule has 0 saturated carbocycles. The molecule has 1 aromatic carbocycles. The molecule has 0 N–H and O–H groups in total. The van der Waals surface area contributed by atoms with E-state index < -0.39 is 0 Å². The van der Waals surface area contributed by atoms with Gasteiger partial charge in [-0.3, -0.25) is 4.79 Å². The molecule has 8 heteroatoms. The average molecular weight is 385 g/mol. The lowest BCUT2D eigenvalue weighted by Crippen LogP contribution is -2.49. The number of carbonyl (C=O) groups excluding carboxylic acids is 1. The number of halogens is 1. The first-order valence-electron chi connectivity index (χ1n) is 8.66. The van der Waals surface area contributed by atoms with Gasteiger partial charge in [0, 0.05) is 37.9 Å². The van der Waals surface area contributed by atoms with Crippen LogP contribution >= 0.6 is 11.6 Å². The molecule has 0 spiro atoms. The standard InChI is InChI=1S/C19H17ClN4O3/c20-15-10-14(11-16-17(15)27-9-8-26-16)19(25)24-6-4-23(5-7-24)18-13(12-21)2-1-3-22-18/h1-3,10-11H,4-9H2. The minimum atomic E-state index is -0.102. The first-order chi connectivity index (χ1) is 13.2. The summed E-state index contributed by atoms with van der Waals surface area (Å²) in [6, 6.07) is 8.96. The van der Waals surface area contributed by atoms with Crippen molar-refractivity contribution in [3.63, 3.8) is 0 Å². The summed E-state index contributed by atoms with van der Waals surface area (Å²) in [5, 5.41) is 9.62. The van der Waals surface area contributed by atoms with Crippen molar-refractivity contribution in [1.29, 1.82) is 5.26 Å². The molecule has 0 unspecified atom stereocenters. The summed E-state index contributed by atoms with van der Waals surface area (Å²) in [4.78, 5) is 21.0. The summed E-state index contributed by atoms with van der Waals surface area (Å²) < 4.78 is 11.1. The third-order valence-electron chi connectivity index (χ3n) is 4.62. The molecule has 2 aromatic rings. The Bertz CT molecular complexity index is 920. The van der Waals surface area contributed by atoms with Gasteiger partial charge in [-0.2, -0.15) is 5.26 Å². The van der Waals surface area contributed by atoms with Crippen molar-refractivity contribution < 1.29 is 14.3 Å². The van der Waals surface area contributed by atoms with Crippen LogP contribution in [0.5, 0.6) is 11.5 Å². The normalized spacial score (nSPS) is 16.0. The van der Waals surface area contributed by atoms with Crippen molar-refractivity contribution in [1.82, 2.24) is 9.88 Å². The van der Waals surface area contributed by atoms with Crippen molar-refractivity contribution in [3.8, 4) is 17.6 Å². The SMILES string of the molecule is N#Cc1cccnc1N1CCN(C(=O)c2cc(Cl)c3c(c2)OCCO3)CC1. The molecular weight excluding hydrogens is 368 g/mol. The van der Waals surface area contributed by atoms with Crippen LogP contribution in [0.2, 0.25) is 5.02 Å². The highest BCUT2D eigenvalue weighted by Crippen LogP contribution is 2.38. The third kappa shape index (κ3) is 3.36. The van der Waals surface area contributed by atoms with E-state index in [1.54, 1.807) is 35.4 Å². The number of anilines is 1. The molecule has 1 fully saturated rings. The highest BCUT2D eigenvalue weighted by Gasteiger charge is 2.26. The van der Waals surface area contributed by atoms with Crippen LogP contribution < -0.4 is 14.4 Å². The van der Waals surface area contributed by atoms with E-state index in [1.807, 2.05) is 4.90 Å². The van der Waals surface area contributed by atoms with Crippen molar-refractivity contribution in [3.05, 3.63) is 46.6 Å². The largest absolute Gasteiger partial charge is 0.486 e. The van der Waals surface area contributed by atoms with Gasteiger partial charge in [-0.15, -0.1) is 0 Å². The van der Waals surface area contributed by atoms with Crippen LogP contribution in [0.15, 0.2) is 30.5 Å². The number of carbonyl (C=O) groups is 1. The Morgan fingerprint density at radius 3 is 2.74 bits per heavy atom. The molecule has 0 atom stereocenters. The average Bonchev–Trinajstić information content (AvgIpc) is 2.73. The number of hydrogen-bond acceptors (Lipinski definition) is 6. The molecule has 7 nitrogen and oxygen atoms in total. The lowest BCUT2D eigenvalue weighted by Gasteiger charge is -2.35. The number of nitriles is 1. The van der Waals surface area contributed by atoms with Crippen LogP contribution in [-0.2, 0) is 0 Å². The molecule has 1 amide bonds. The lowest BCUT2D eigenvalue weighted by atomic mass is 10.1. The zero-order chi connectivity index (χ0) is 18.8. The molecule has 2 aliphatic heterocycles. The number of nitrogens with zero attached hydrogens (tertiary/aromatic N) is 4. The van der Waals surface area contributed by atoms with E-state index in [0.29, 0.717) is 72.9 Å². The van der Waals surface area contributed by atoms with Gasteiger partial charge < -0.3 is 19.3 Å². The second-order valence-corrected chi connectivity index (χ2v) is 6.66. The summed E-state index contributed by atoms with van der Waals surface area (Å²) in [6.45, 7) is 3.16. The Kier molecular flexibility index (Phi) is 4.73. The van der Waals surface area contributed by atoms with Crippen LogP contribution in [0.4, 0.5) is 5.82 Å². The maximum atomic E-state index is 12.9. The maximum Gasteiger partial charge on any atom is 0.254 e. The number of aromatic nitrogens is 1.